The van der Waals surface area contributed by atoms with Gasteiger partial charge < -0.3 is 4.90 Å². The Morgan fingerprint density at radius 2 is 1.85 bits per heavy atom. The van der Waals surface area contributed by atoms with Crippen molar-refractivity contribution in [1.29, 1.82) is 0 Å². The lowest BCUT2D eigenvalue weighted by Gasteiger charge is -2.36. The maximum atomic E-state index is 12.8. The molecule has 2 heterocycles. The molecule has 5 nitrogen and oxygen atoms in total. The molecule has 2 saturated heterocycles. The molecule has 150 valence electrons. The Morgan fingerprint density at radius 3 is 2.48 bits per heavy atom. The smallest absolute Gasteiger partial charge is 0.225 e. The lowest BCUT2D eigenvalue weighted by atomic mass is 9.93. The van der Waals surface area contributed by atoms with Gasteiger partial charge in [-0.15, -0.1) is 0 Å². The van der Waals surface area contributed by atoms with Gasteiger partial charge in [0.25, 0.3) is 0 Å². The van der Waals surface area contributed by atoms with Crippen LogP contribution in [0.2, 0.25) is 10.0 Å². The van der Waals surface area contributed by atoms with Crippen molar-refractivity contribution in [3.63, 3.8) is 0 Å². The fourth-order valence-electron chi connectivity index (χ4n) is 3.96. The second kappa shape index (κ2) is 8.68. The lowest BCUT2D eigenvalue weighted by molar-refractivity contribution is -0.138. The number of hydrogen-bond donors (Lipinski definition) is 0. The van der Waals surface area contributed by atoms with E-state index in [0.717, 1.165) is 19.5 Å². The van der Waals surface area contributed by atoms with Crippen molar-refractivity contribution in [2.45, 2.75) is 38.4 Å². The van der Waals surface area contributed by atoms with Crippen LogP contribution in [-0.4, -0.2) is 49.7 Å². The largest absolute Gasteiger partial charge is 0.342 e. The summed E-state index contributed by atoms with van der Waals surface area (Å²) in [6.45, 7) is 4.60. The number of sulfonamides is 1. The Hall–Kier alpha value is -0.820. The number of carbonyl (C=O) groups excluding carboxylic acids is 1. The Morgan fingerprint density at radius 1 is 1.15 bits per heavy atom. The predicted octanol–water partition coefficient (Wildman–Crippen LogP) is 3.79. The van der Waals surface area contributed by atoms with Crippen molar-refractivity contribution in [2.24, 2.45) is 11.8 Å². The van der Waals surface area contributed by atoms with Crippen molar-refractivity contribution < 1.29 is 13.2 Å². The van der Waals surface area contributed by atoms with Crippen molar-refractivity contribution in [2.75, 3.05) is 26.2 Å². The molecule has 0 N–H and O–H groups in total. The topological polar surface area (TPSA) is 57.7 Å². The molecule has 0 spiro atoms. The molecule has 3 rings (SSSR count). The molecule has 0 radical (unpaired) electrons. The molecular weight excluding hydrogens is 407 g/mol. The number of benzene rings is 1. The summed E-state index contributed by atoms with van der Waals surface area (Å²) in [6.07, 6.45) is 3.39. The molecule has 1 aromatic carbocycles. The minimum atomic E-state index is -3.47. The van der Waals surface area contributed by atoms with Crippen LogP contribution < -0.4 is 0 Å². The molecule has 0 bridgehead atoms. The van der Waals surface area contributed by atoms with E-state index in [1.165, 1.54) is 10.7 Å². The van der Waals surface area contributed by atoms with Crippen molar-refractivity contribution in [3.8, 4) is 0 Å². The molecule has 0 aromatic heterocycles. The molecule has 1 amide bonds. The maximum absolute atomic E-state index is 12.8. The molecule has 0 aliphatic carbocycles. The van der Waals surface area contributed by atoms with Crippen LogP contribution in [0.5, 0.6) is 0 Å². The van der Waals surface area contributed by atoms with E-state index < -0.39 is 10.0 Å². The van der Waals surface area contributed by atoms with E-state index in [9.17, 15) is 13.2 Å². The zero-order valence-electron chi connectivity index (χ0n) is 15.5. The first-order chi connectivity index (χ1) is 12.8. The molecule has 1 aromatic rings. The molecule has 27 heavy (non-hydrogen) atoms. The van der Waals surface area contributed by atoms with E-state index in [1.807, 2.05) is 4.90 Å². The summed E-state index contributed by atoms with van der Waals surface area (Å²) in [7, 11) is -3.47. The summed E-state index contributed by atoms with van der Waals surface area (Å²) in [5.74, 6) is 0.526. The van der Waals surface area contributed by atoms with Gasteiger partial charge >= 0.3 is 0 Å². The van der Waals surface area contributed by atoms with Crippen LogP contribution in [0.25, 0.3) is 0 Å². The van der Waals surface area contributed by atoms with Gasteiger partial charge in [-0.05, 0) is 49.3 Å². The molecule has 2 aliphatic rings. The van der Waals surface area contributed by atoms with Crippen LogP contribution in [0.3, 0.4) is 0 Å². The fraction of sp³-hybridized carbons (Fsp3) is 0.632. The number of piperidine rings is 2. The third-order valence-electron chi connectivity index (χ3n) is 5.52. The van der Waals surface area contributed by atoms with Gasteiger partial charge in [-0.2, -0.15) is 0 Å². The van der Waals surface area contributed by atoms with E-state index >= 15 is 0 Å². The molecule has 1 atom stereocenters. The summed E-state index contributed by atoms with van der Waals surface area (Å²) in [5, 5.41) is 0.836. The lowest BCUT2D eigenvalue weighted by Crippen LogP contribution is -2.47. The first-order valence-corrected chi connectivity index (χ1v) is 11.8. The normalized spacial score (nSPS) is 22.8. The van der Waals surface area contributed by atoms with Crippen LogP contribution >= 0.6 is 23.2 Å². The Balaban J connectivity index is 1.58. The average Bonchev–Trinajstić information content (AvgIpc) is 2.63. The number of halogens is 2. The Kier molecular flexibility index (Phi) is 6.72. The third kappa shape index (κ3) is 5.17. The van der Waals surface area contributed by atoms with Gasteiger partial charge in [0.2, 0.25) is 15.9 Å². The molecule has 0 saturated carbocycles. The number of carbonyl (C=O) groups is 1. The second-order valence-corrected chi connectivity index (χ2v) is 10.5. The number of amides is 1. The summed E-state index contributed by atoms with van der Waals surface area (Å²) in [4.78, 5) is 14.7. The predicted molar refractivity (Wildman–Crippen MR) is 108 cm³/mol. The van der Waals surface area contributed by atoms with Crippen molar-refractivity contribution in [1.82, 2.24) is 9.21 Å². The van der Waals surface area contributed by atoms with Gasteiger partial charge in [0.15, 0.2) is 0 Å². The van der Waals surface area contributed by atoms with E-state index in [0.29, 0.717) is 47.5 Å². The van der Waals surface area contributed by atoms with Gasteiger partial charge in [-0.3, -0.25) is 4.79 Å². The van der Waals surface area contributed by atoms with Gasteiger partial charge in [-0.25, -0.2) is 12.7 Å². The van der Waals surface area contributed by atoms with Gasteiger partial charge in [-0.1, -0.05) is 36.2 Å². The minimum absolute atomic E-state index is 0.0686. The van der Waals surface area contributed by atoms with E-state index in [1.54, 1.807) is 18.2 Å². The van der Waals surface area contributed by atoms with Crippen LogP contribution in [0.15, 0.2) is 18.2 Å². The molecular formula is C19H26Cl2N2O3S. The quantitative estimate of drug-likeness (QED) is 0.726. The van der Waals surface area contributed by atoms with Crippen LogP contribution in [0.1, 0.15) is 38.2 Å². The summed E-state index contributed by atoms with van der Waals surface area (Å²) in [6, 6.07) is 4.84. The highest BCUT2D eigenvalue weighted by molar-refractivity contribution is 7.88. The summed E-state index contributed by atoms with van der Waals surface area (Å²) >= 11 is 12.0. The Bertz CT molecular complexity index is 792. The molecule has 2 fully saturated rings. The third-order valence-corrected chi connectivity index (χ3v) is 7.93. The molecule has 8 heteroatoms. The van der Waals surface area contributed by atoms with Crippen LogP contribution in [0, 0.1) is 11.8 Å². The van der Waals surface area contributed by atoms with Gasteiger partial charge in [0.05, 0.1) is 5.75 Å². The van der Waals surface area contributed by atoms with E-state index in [2.05, 4.69) is 6.92 Å². The maximum Gasteiger partial charge on any atom is 0.225 e. The van der Waals surface area contributed by atoms with Crippen LogP contribution in [-0.2, 0) is 20.6 Å². The monoisotopic (exact) mass is 432 g/mol. The fourth-order valence-corrected chi connectivity index (χ4v) is 6.10. The SMILES string of the molecule is C[C@@H]1CCCN(C(=O)C2CCN(S(=O)(=O)Cc3ccc(Cl)cc3Cl)CC2)C1. The number of nitrogens with zero attached hydrogens (tertiary/aromatic N) is 2. The molecule has 2 aliphatic heterocycles. The van der Waals surface area contributed by atoms with Crippen molar-refractivity contribution in [3.05, 3.63) is 33.8 Å². The standard InChI is InChI=1S/C19H26Cl2N2O3S/c1-14-3-2-8-22(12-14)19(24)15-6-9-23(10-7-15)27(25,26)13-16-4-5-17(20)11-18(16)21/h4-5,11,14-15H,2-3,6-10,12-13H2,1H3/t14-/m1/s1. The second-order valence-electron chi connectivity index (χ2n) is 7.70. The minimum Gasteiger partial charge on any atom is -0.342 e. The van der Waals surface area contributed by atoms with E-state index in [-0.39, 0.29) is 17.6 Å². The van der Waals surface area contributed by atoms with Gasteiger partial charge in [0, 0.05) is 42.1 Å². The van der Waals surface area contributed by atoms with E-state index in [4.69, 9.17) is 23.2 Å². The number of likely N-dealkylation sites (tertiary alicyclic amines) is 1. The first-order valence-electron chi connectivity index (χ1n) is 9.47. The summed E-state index contributed by atoms with van der Waals surface area (Å²) < 4.78 is 27.0. The Labute approximate surface area is 171 Å². The zero-order chi connectivity index (χ0) is 19.6. The number of hydrogen-bond acceptors (Lipinski definition) is 3. The summed E-state index contributed by atoms with van der Waals surface area (Å²) in [5.41, 5.74) is 0.543. The van der Waals surface area contributed by atoms with Crippen LogP contribution in [0.4, 0.5) is 0 Å². The zero-order valence-corrected chi connectivity index (χ0v) is 17.9. The molecule has 0 unspecified atom stereocenters. The average molecular weight is 433 g/mol. The number of rotatable bonds is 4. The first kappa shape index (κ1) is 20.9. The van der Waals surface area contributed by atoms with Crippen molar-refractivity contribution >= 4 is 39.1 Å². The highest BCUT2D eigenvalue weighted by Crippen LogP contribution is 2.28. The van der Waals surface area contributed by atoms with Gasteiger partial charge in [0.1, 0.15) is 0 Å². The highest BCUT2D eigenvalue weighted by atomic mass is 35.5. The highest BCUT2D eigenvalue weighted by Gasteiger charge is 2.34.